The molecule has 2 aromatic rings. The number of methoxy groups -OCH3 is 2. The number of nitrogens with zero attached hydrogens (tertiary/aromatic N) is 1. The summed E-state index contributed by atoms with van der Waals surface area (Å²) in [4.78, 5) is 24.9. The van der Waals surface area contributed by atoms with Crippen molar-refractivity contribution in [2.75, 3.05) is 26.1 Å². The summed E-state index contributed by atoms with van der Waals surface area (Å²) in [6.07, 6.45) is -1.37. The number of carbonyl (C=O) groups is 2. The zero-order valence-corrected chi connectivity index (χ0v) is 15.3. The number of hydrogen-bond acceptors (Lipinski definition) is 6. The molecule has 0 bridgehead atoms. The molecule has 0 radical (unpaired) electrons. The summed E-state index contributed by atoms with van der Waals surface area (Å²) in [5.41, 5.74) is 4.33. The number of hydrogen-bond donors (Lipinski definition) is 2. The first-order valence-electron chi connectivity index (χ1n) is 8.43. The lowest BCUT2D eigenvalue weighted by Gasteiger charge is -2.37. The Morgan fingerprint density at radius 1 is 1.15 bits per heavy atom. The van der Waals surface area contributed by atoms with E-state index in [9.17, 15) is 9.59 Å². The summed E-state index contributed by atoms with van der Waals surface area (Å²) in [6.45, 7) is 1.88. The summed E-state index contributed by atoms with van der Waals surface area (Å²) >= 11 is 0. The third kappa shape index (κ3) is 3.59. The standard InChI is InChI=1S/C19H21N3O5/c1-4-27-19(24)21-22-17(12-9-10-15(25-2)16(11-12)26-3)20-14-8-6-5-7-13(14)18(22)23/h5-11,17,20H,4H2,1-3H3,(H,21,24)/t17-/m0/s1. The van der Waals surface area contributed by atoms with E-state index in [-0.39, 0.29) is 12.5 Å². The molecule has 3 rings (SSSR count). The van der Waals surface area contributed by atoms with E-state index in [1.54, 1.807) is 44.4 Å². The van der Waals surface area contributed by atoms with Gasteiger partial charge in [-0.25, -0.2) is 15.2 Å². The fourth-order valence-electron chi connectivity index (χ4n) is 2.89. The van der Waals surface area contributed by atoms with Gasteiger partial charge in [-0.2, -0.15) is 0 Å². The molecule has 1 heterocycles. The van der Waals surface area contributed by atoms with Gasteiger partial charge < -0.3 is 19.5 Å². The molecule has 0 saturated carbocycles. The highest BCUT2D eigenvalue weighted by molar-refractivity contribution is 6.02. The Hall–Kier alpha value is -3.42. The van der Waals surface area contributed by atoms with E-state index in [0.29, 0.717) is 28.3 Å². The molecule has 8 nitrogen and oxygen atoms in total. The van der Waals surface area contributed by atoms with E-state index in [1.165, 1.54) is 12.1 Å². The topological polar surface area (TPSA) is 89.1 Å². The first kappa shape index (κ1) is 18.4. The van der Waals surface area contributed by atoms with Crippen LogP contribution in [0.1, 0.15) is 29.0 Å². The smallest absolute Gasteiger partial charge is 0.426 e. The van der Waals surface area contributed by atoms with E-state index in [0.717, 1.165) is 0 Å². The van der Waals surface area contributed by atoms with Crippen LogP contribution in [-0.4, -0.2) is 37.8 Å². The molecule has 0 aromatic heterocycles. The van der Waals surface area contributed by atoms with Gasteiger partial charge in [-0.3, -0.25) is 4.79 Å². The quantitative estimate of drug-likeness (QED) is 0.840. The fraction of sp³-hybridized carbons (Fsp3) is 0.263. The number of amides is 2. The van der Waals surface area contributed by atoms with E-state index in [2.05, 4.69) is 10.7 Å². The van der Waals surface area contributed by atoms with E-state index >= 15 is 0 Å². The lowest BCUT2D eigenvalue weighted by Crippen LogP contribution is -2.53. The van der Waals surface area contributed by atoms with Gasteiger partial charge in [0.2, 0.25) is 0 Å². The Labute approximate surface area is 157 Å². The summed E-state index contributed by atoms with van der Waals surface area (Å²) < 4.78 is 15.5. The van der Waals surface area contributed by atoms with Crippen molar-refractivity contribution in [3.63, 3.8) is 0 Å². The highest BCUT2D eigenvalue weighted by atomic mass is 16.6. The minimum Gasteiger partial charge on any atom is -0.493 e. The van der Waals surface area contributed by atoms with Crippen molar-refractivity contribution in [2.24, 2.45) is 0 Å². The van der Waals surface area contributed by atoms with Crippen molar-refractivity contribution in [2.45, 2.75) is 13.1 Å². The van der Waals surface area contributed by atoms with E-state index in [4.69, 9.17) is 14.2 Å². The molecule has 2 amide bonds. The van der Waals surface area contributed by atoms with Crippen molar-refractivity contribution in [1.82, 2.24) is 10.4 Å². The Morgan fingerprint density at radius 3 is 2.59 bits per heavy atom. The number of rotatable bonds is 5. The second-order valence-corrected chi connectivity index (χ2v) is 5.71. The van der Waals surface area contributed by atoms with Crippen LogP contribution in [0.25, 0.3) is 0 Å². The number of carbonyl (C=O) groups excluding carboxylic acids is 2. The highest BCUT2D eigenvalue weighted by Gasteiger charge is 2.35. The maximum Gasteiger partial charge on any atom is 0.426 e. The molecule has 0 saturated heterocycles. The minimum atomic E-state index is -0.711. The van der Waals surface area contributed by atoms with Gasteiger partial charge in [0.1, 0.15) is 6.17 Å². The van der Waals surface area contributed by atoms with Crippen LogP contribution in [-0.2, 0) is 4.74 Å². The van der Waals surface area contributed by atoms with Crippen LogP contribution in [0.4, 0.5) is 10.5 Å². The number of ether oxygens (including phenoxy) is 3. The maximum atomic E-state index is 13.0. The normalized spacial score (nSPS) is 15.4. The second kappa shape index (κ2) is 7.86. The van der Waals surface area contributed by atoms with Crippen molar-refractivity contribution in [3.8, 4) is 11.5 Å². The fourth-order valence-corrected chi connectivity index (χ4v) is 2.89. The van der Waals surface area contributed by atoms with Gasteiger partial charge in [-0.15, -0.1) is 0 Å². The first-order chi connectivity index (χ1) is 13.1. The Balaban J connectivity index is 2.02. The maximum absolute atomic E-state index is 13.0. The molecule has 0 spiro atoms. The minimum absolute atomic E-state index is 0.193. The summed E-state index contributed by atoms with van der Waals surface area (Å²) in [5.74, 6) is 0.727. The van der Waals surface area contributed by atoms with Crippen LogP contribution in [0, 0.1) is 0 Å². The number of para-hydroxylation sites is 1. The summed E-state index contributed by atoms with van der Waals surface area (Å²) in [7, 11) is 3.08. The third-order valence-electron chi connectivity index (χ3n) is 4.14. The molecule has 0 unspecified atom stereocenters. The molecule has 0 aliphatic carbocycles. The molecule has 1 aliphatic heterocycles. The van der Waals surface area contributed by atoms with Gasteiger partial charge in [0, 0.05) is 11.3 Å². The highest BCUT2D eigenvalue weighted by Crippen LogP contribution is 2.35. The Bertz CT molecular complexity index is 855. The van der Waals surface area contributed by atoms with Gasteiger partial charge in [-0.05, 0) is 31.2 Å². The van der Waals surface area contributed by atoms with E-state index in [1.807, 2.05) is 12.1 Å². The van der Waals surface area contributed by atoms with Crippen LogP contribution in [0.2, 0.25) is 0 Å². The van der Waals surface area contributed by atoms with Crippen molar-refractivity contribution in [3.05, 3.63) is 53.6 Å². The van der Waals surface area contributed by atoms with Crippen LogP contribution >= 0.6 is 0 Å². The number of fused-ring (bicyclic) bond motifs is 1. The predicted molar refractivity (Wildman–Crippen MR) is 98.7 cm³/mol. The average Bonchev–Trinajstić information content (AvgIpc) is 2.69. The van der Waals surface area contributed by atoms with Crippen molar-refractivity contribution in [1.29, 1.82) is 0 Å². The molecule has 1 atom stereocenters. The molecule has 0 fully saturated rings. The Kier molecular flexibility index (Phi) is 5.35. The SMILES string of the molecule is CCOC(=O)NN1C(=O)c2ccccc2N[C@@H]1c1ccc(OC)c(OC)c1. The number of benzene rings is 2. The zero-order chi connectivity index (χ0) is 19.4. The monoisotopic (exact) mass is 371 g/mol. The number of hydrazine groups is 1. The molecular formula is C19H21N3O5. The average molecular weight is 371 g/mol. The van der Waals surface area contributed by atoms with Crippen LogP contribution in [0.5, 0.6) is 11.5 Å². The molecule has 142 valence electrons. The van der Waals surface area contributed by atoms with Gasteiger partial charge in [-0.1, -0.05) is 18.2 Å². The van der Waals surface area contributed by atoms with Crippen molar-refractivity contribution >= 4 is 17.7 Å². The molecular weight excluding hydrogens is 350 g/mol. The van der Waals surface area contributed by atoms with Crippen LogP contribution in [0.15, 0.2) is 42.5 Å². The van der Waals surface area contributed by atoms with Crippen molar-refractivity contribution < 1.29 is 23.8 Å². The van der Waals surface area contributed by atoms with Crippen LogP contribution in [0.3, 0.4) is 0 Å². The Morgan fingerprint density at radius 2 is 1.89 bits per heavy atom. The van der Waals surface area contributed by atoms with Gasteiger partial charge in [0.25, 0.3) is 5.91 Å². The second-order valence-electron chi connectivity index (χ2n) is 5.71. The van der Waals surface area contributed by atoms with Gasteiger partial charge >= 0.3 is 6.09 Å². The summed E-state index contributed by atoms with van der Waals surface area (Å²) in [6, 6.07) is 12.4. The van der Waals surface area contributed by atoms with Gasteiger partial charge in [0.05, 0.1) is 26.4 Å². The molecule has 2 aromatic carbocycles. The number of anilines is 1. The lowest BCUT2D eigenvalue weighted by atomic mass is 10.0. The van der Waals surface area contributed by atoms with Crippen LogP contribution < -0.4 is 20.2 Å². The zero-order valence-electron chi connectivity index (χ0n) is 15.3. The third-order valence-corrected chi connectivity index (χ3v) is 4.14. The molecule has 8 heteroatoms. The lowest BCUT2D eigenvalue weighted by molar-refractivity contribution is 0.0506. The largest absolute Gasteiger partial charge is 0.493 e. The van der Waals surface area contributed by atoms with E-state index < -0.39 is 12.3 Å². The predicted octanol–water partition coefficient (Wildman–Crippen LogP) is 2.93. The number of nitrogens with one attached hydrogen (secondary N) is 2. The molecule has 27 heavy (non-hydrogen) atoms. The van der Waals surface area contributed by atoms with Gasteiger partial charge in [0.15, 0.2) is 11.5 Å². The molecule has 2 N–H and O–H groups in total. The summed E-state index contributed by atoms with van der Waals surface area (Å²) in [5, 5.41) is 4.48. The molecule has 1 aliphatic rings. The first-order valence-corrected chi connectivity index (χ1v) is 8.43.